The van der Waals surface area contributed by atoms with Gasteiger partial charge >= 0.3 is 0 Å². The van der Waals surface area contributed by atoms with Crippen molar-refractivity contribution < 1.29 is 13.2 Å². The Labute approximate surface area is 161 Å². The van der Waals surface area contributed by atoms with Crippen molar-refractivity contribution in [3.8, 4) is 0 Å². The molecule has 8 heteroatoms. The van der Waals surface area contributed by atoms with E-state index in [0.717, 1.165) is 16.2 Å². The summed E-state index contributed by atoms with van der Waals surface area (Å²) in [5.41, 5.74) is 3.61. The predicted octanol–water partition coefficient (Wildman–Crippen LogP) is 2.96. The number of hydrogen-bond donors (Lipinski definition) is 2. The van der Waals surface area contributed by atoms with Crippen molar-refractivity contribution in [1.82, 2.24) is 5.32 Å². The molecule has 138 valence electrons. The van der Waals surface area contributed by atoms with E-state index in [1.165, 1.54) is 33.0 Å². The second-order valence-electron chi connectivity index (χ2n) is 6.12. The van der Waals surface area contributed by atoms with E-state index in [1.807, 2.05) is 6.08 Å². The molecule has 0 unspecified atom stereocenters. The Kier molecular flexibility index (Phi) is 5.57. The average Bonchev–Trinajstić information content (AvgIpc) is 2.88. The Morgan fingerprint density at radius 2 is 1.92 bits per heavy atom. The maximum Gasteiger partial charge on any atom is 0.257 e. The summed E-state index contributed by atoms with van der Waals surface area (Å²) in [6.07, 6.45) is 2.60. The van der Waals surface area contributed by atoms with E-state index in [0.29, 0.717) is 13.0 Å². The minimum atomic E-state index is -3.67. The maximum absolute atomic E-state index is 12.4. The van der Waals surface area contributed by atoms with Crippen LogP contribution in [0.1, 0.15) is 26.4 Å². The molecule has 2 aromatic rings. The van der Waals surface area contributed by atoms with Crippen LogP contribution in [-0.4, -0.2) is 20.9 Å². The number of benzene rings is 1. The lowest BCUT2D eigenvalue weighted by Gasteiger charge is -2.14. The number of nitrogens with two attached hydrogens (primary N) is 1. The number of rotatable bonds is 5. The van der Waals surface area contributed by atoms with E-state index in [4.69, 9.17) is 5.14 Å². The number of carbonyl (C=O) groups is 1. The monoisotopic (exact) mass is 408 g/mol. The van der Waals surface area contributed by atoms with E-state index in [9.17, 15) is 13.2 Å². The zero-order chi connectivity index (χ0) is 18.9. The second-order valence-corrected chi connectivity index (χ2v) is 9.95. The van der Waals surface area contributed by atoms with E-state index >= 15 is 0 Å². The van der Waals surface area contributed by atoms with E-state index < -0.39 is 10.0 Å². The lowest BCUT2D eigenvalue weighted by molar-refractivity contribution is -0.116. The zero-order valence-corrected chi connectivity index (χ0v) is 17.0. The summed E-state index contributed by atoms with van der Waals surface area (Å²) in [6, 6.07) is 6.39. The van der Waals surface area contributed by atoms with Gasteiger partial charge in [0, 0.05) is 22.1 Å². The fourth-order valence-corrected chi connectivity index (χ4v) is 5.58. The van der Waals surface area contributed by atoms with Crippen molar-refractivity contribution in [1.29, 1.82) is 0 Å². The van der Waals surface area contributed by atoms with Gasteiger partial charge in [0.1, 0.15) is 0 Å². The van der Waals surface area contributed by atoms with Crippen LogP contribution in [0.3, 0.4) is 0 Å². The topological polar surface area (TPSA) is 89.3 Å². The van der Waals surface area contributed by atoms with Crippen LogP contribution in [0.25, 0.3) is 6.08 Å². The molecule has 0 atom stereocenters. The summed E-state index contributed by atoms with van der Waals surface area (Å²) in [6.45, 7) is 4.73. The normalized spacial score (nSPS) is 13.9. The Balaban J connectivity index is 1.58. The first-order valence-electron chi connectivity index (χ1n) is 8.09. The fourth-order valence-electron chi connectivity index (χ4n) is 2.69. The maximum atomic E-state index is 12.4. The van der Waals surface area contributed by atoms with Gasteiger partial charge in [0.05, 0.1) is 9.80 Å². The first-order chi connectivity index (χ1) is 12.3. The molecule has 0 spiro atoms. The molecule has 0 bridgehead atoms. The Morgan fingerprint density at radius 3 is 2.58 bits per heavy atom. The van der Waals surface area contributed by atoms with Crippen LogP contribution in [0.15, 0.2) is 34.1 Å². The van der Waals surface area contributed by atoms with Crippen LogP contribution in [0.4, 0.5) is 0 Å². The highest BCUT2D eigenvalue weighted by molar-refractivity contribution is 8.03. The Morgan fingerprint density at radius 1 is 1.23 bits per heavy atom. The Bertz CT molecular complexity index is 974. The summed E-state index contributed by atoms with van der Waals surface area (Å²) in [5.74, 6) is 0.769. The lowest BCUT2D eigenvalue weighted by atomic mass is 10.1. The highest BCUT2D eigenvalue weighted by atomic mass is 32.2. The van der Waals surface area contributed by atoms with E-state index in [-0.39, 0.29) is 10.8 Å². The fraction of sp³-hybridized carbons (Fsp3) is 0.278. The first-order valence-corrected chi connectivity index (χ1v) is 11.4. The van der Waals surface area contributed by atoms with Gasteiger partial charge in [-0.3, -0.25) is 4.79 Å². The number of thiophene rings is 1. The third-order valence-corrected chi connectivity index (χ3v) is 7.52. The summed E-state index contributed by atoms with van der Waals surface area (Å²) in [7, 11) is -3.67. The van der Waals surface area contributed by atoms with Crippen molar-refractivity contribution in [3.63, 3.8) is 0 Å². The van der Waals surface area contributed by atoms with Gasteiger partial charge in [-0.25, -0.2) is 13.6 Å². The van der Waals surface area contributed by atoms with Gasteiger partial charge in [0.25, 0.3) is 5.91 Å². The number of hydrogen-bond acceptors (Lipinski definition) is 5. The van der Waals surface area contributed by atoms with Gasteiger partial charge in [-0.2, -0.15) is 0 Å². The standard InChI is InChI=1S/C18H20N2O3S3/c1-11-12(2)25-16-9-17(24-10-15(11)16)18(21)20-8-7-13-3-5-14(6-4-13)26(19,22)23/h3-6,9H,7-8,10H2,1-2H3,(H,20,21)(H2,19,22,23). The minimum Gasteiger partial charge on any atom is -0.351 e. The quantitative estimate of drug-likeness (QED) is 0.796. The minimum absolute atomic E-state index is 0.0643. The molecule has 26 heavy (non-hydrogen) atoms. The molecular weight excluding hydrogens is 388 g/mol. The summed E-state index contributed by atoms with van der Waals surface area (Å²) in [4.78, 5) is 15.7. The van der Waals surface area contributed by atoms with Gasteiger partial charge in [0.2, 0.25) is 10.0 Å². The number of fused-ring (bicyclic) bond motifs is 1. The number of aryl methyl sites for hydroxylation is 1. The first kappa shape index (κ1) is 19.2. The van der Waals surface area contributed by atoms with Crippen LogP contribution in [-0.2, 0) is 27.0 Å². The molecule has 3 N–H and O–H groups in total. The van der Waals surface area contributed by atoms with Gasteiger partial charge in [-0.05, 0) is 55.2 Å². The number of nitrogens with one attached hydrogen (secondary N) is 1. The molecule has 0 aliphatic carbocycles. The highest BCUT2D eigenvalue weighted by Crippen LogP contribution is 2.39. The molecule has 1 aliphatic rings. The molecule has 0 saturated heterocycles. The molecular formula is C18H20N2O3S3. The molecule has 0 saturated carbocycles. The van der Waals surface area contributed by atoms with Crippen molar-refractivity contribution in [3.05, 3.63) is 55.6 Å². The molecule has 5 nitrogen and oxygen atoms in total. The molecule has 0 fully saturated rings. The van der Waals surface area contributed by atoms with Gasteiger partial charge in [0.15, 0.2) is 0 Å². The number of thioether (sulfide) groups is 1. The van der Waals surface area contributed by atoms with E-state index in [2.05, 4.69) is 19.2 Å². The number of carbonyl (C=O) groups excluding carboxylic acids is 1. The predicted molar refractivity (Wildman–Crippen MR) is 108 cm³/mol. The number of sulfonamides is 1. The van der Waals surface area contributed by atoms with Crippen LogP contribution in [0.2, 0.25) is 0 Å². The molecule has 1 aromatic heterocycles. The van der Waals surface area contributed by atoms with Crippen LogP contribution < -0.4 is 10.5 Å². The second kappa shape index (κ2) is 7.56. The number of amides is 1. The molecule has 1 aromatic carbocycles. The van der Waals surface area contributed by atoms with Gasteiger partial charge < -0.3 is 5.32 Å². The number of primary sulfonamides is 1. The molecule has 0 radical (unpaired) electrons. The third kappa shape index (κ3) is 4.20. The third-order valence-electron chi connectivity index (χ3n) is 4.35. The van der Waals surface area contributed by atoms with Crippen LogP contribution >= 0.6 is 23.1 Å². The lowest BCUT2D eigenvalue weighted by Crippen LogP contribution is -2.26. The summed E-state index contributed by atoms with van der Waals surface area (Å²) in [5, 5.41) is 8.01. The molecule has 1 amide bonds. The molecule has 1 aliphatic heterocycles. The van der Waals surface area contributed by atoms with Crippen LogP contribution in [0, 0.1) is 13.8 Å². The van der Waals surface area contributed by atoms with E-state index in [1.54, 1.807) is 35.2 Å². The Hall–Kier alpha value is -1.61. The summed E-state index contributed by atoms with van der Waals surface area (Å²) < 4.78 is 22.5. The average molecular weight is 409 g/mol. The van der Waals surface area contributed by atoms with Gasteiger partial charge in [-0.15, -0.1) is 23.1 Å². The largest absolute Gasteiger partial charge is 0.351 e. The van der Waals surface area contributed by atoms with Crippen molar-refractivity contribution >= 4 is 45.1 Å². The molecule has 3 rings (SSSR count). The molecule has 2 heterocycles. The zero-order valence-electron chi connectivity index (χ0n) is 14.5. The van der Waals surface area contributed by atoms with Crippen molar-refractivity contribution in [2.24, 2.45) is 5.14 Å². The smallest absolute Gasteiger partial charge is 0.257 e. The SMILES string of the molecule is Cc1sc2c(c1C)CSC(C(=O)NCCc1ccc(S(N)(=O)=O)cc1)=C2. The van der Waals surface area contributed by atoms with Crippen molar-refractivity contribution in [2.45, 2.75) is 30.9 Å². The highest BCUT2D eigenvalue weighted by Gasteiger charge is 2.20. The summed E-state index contributed by atoms with van der Waals surface area (Å²) >= 11 is 3.30. The van der Waals surface area contributed by atoms with Gasteiger partial charge in [-0.1, -0.05) is 12.1 Å². The van der Waals surface area contributed by atoms with Crippen molar-refractivity contribution in [2.75, 3.05) is 6.54 Å². The van der Waals surface area contributed by atoms with Crippen LogP contribution in [0.5, 0.6) is 0 Å².